The molecule has 17 heavy (non-hydrogen) atoms. The van der Waals surface area contributed by atoms with Crippen molar-refractivity contribution in [2.45, 2.75) is 12.5 Å². The molecule has 3 N–H and O–H groups in total. The smallest absolute Gasteiger partial charge is 0.147 e. The SMILES string of the molecule is Fc1cccc2c(CC3CNCCN3)c[nH]c12. The van der Waals surface area contributed by atoms with Crippen LogP contribution in [0, 0.1) is 5.82 Å². The third-order valence-corrected chi connectivity index (χ3v) is 3.34. The first-order valence-corrected chi connectivity index (χ1v) is 6.03. The van der Waals surface area contributed by atoms with E-state index in [1.54, 1.807) is 6.07 Å². The normalized spacial score (nSPS) is 20.9. The van der Waals surface area contributed by atoms with Crippen molar-refractivity contribution in [3.05, 3.63) is 35.8 Å². The minimum absolute atomic E-state index is 0.177. The summed E-state index contributed by atoms with van der Waals surface area (Å²) in [5, 5.41) is 7.82. The van der Waals surface area contributed by atoms with Crippen molar-refractivity contribution >= 4 is 10.9 Å². The molecule has 1 aromatic carbocycles. The van der Waals surface area contributed by atoms with Crippen molar-refractivity contribution in [1.82, 2.24) is 15.6 Å². The van der Waals surface area contributed by atoms with Crippen LogP contribution in [0.4, 0.5) is 4.39 Å². The van der Waals surface area contributed by atoms with E-state index in [4.69, 9.17) is 0 Å². The van der Waals surface area contributed by atoms with Crippen molar-refractivity contribution in [2.24, 2.45) is 0 Å². The zero-order valence-corrected chi connectivity index (χ0v) is 9.59. The number of halogens is 1. The summed E-state index contributed by atoms with van der Waals surface area (Å²) < 4.78 is 13.5. The van der Waals surface area contributed by atoms with Crippen LogP contribution in [0.5, 0.6) is 0 Å². The molecule has 3 nitrogen and oxygen atoms in total. The van der Waals surface area contributed by atoms with Gasteiger partial charge in [-0.2, -0.15) is 0 Å². The Morgan fingerprint density at radius 1 is 1.29 bits per heavy atom. The molecule has 1 aromatic heterocycles. The summed E-state index contributed by atoms with van der Waals surface area (Å²) in [6.45, 7) is 3.00. The third kappa shape index (κ3) is 2.06. The fraction of sp³-hybridized carbons (Fsp3) is 0.385. The molecule has 90 valence electrons. The maximum atomic E-state index is 13.5. The van der Waals surface area contributed by atoms with E-state index in [0.717, 1.165) is 31.4 Å². The number of fused-ring (bicyclic) bond motifs is 1. The van der Waals surface area contributed by atoms with Crippen LogP contribution >= 0.6 is 0 Å². The van der Waals surface area contributed by atoms with Crippen LogP contribution in [0.2, 0.25) is 0 Å². The van der Waals surface area contributed by atoms with E-state index in [1.165, 1.54) is 11.6 Å². The first-order valence-electron chi connectivity index (χ1n) is 6.03. The van der Waals surface area contributed by atoms with Crippen molar-refractivity contribution < 1.29 is 4.39 Å². The van der Waals surface area contributed by atoms with Gasteiger partial charge in [0, 0.05) is 37.3 Å². The predicted molar refractivity (Wildman–Crippen MR) is 66.6 cm³/mol. The minimum atomic E-state index is -0.177. The molecular weight excluding hydrogens is 217 g/mol. The van der Waals surface area contributed by atoms with Crippen LogP contribution < -0.4 is 10.6 Å². The van der Waals surface area contributed by atoms with E-state index in [2.05, 4.69) is 15.6 Å². The highest BCUT2D eigenvalue weighted by Gasteiger charge is 2.15. The van der Waals surface area contributed by atoms with Crippen LogP contribution in [0.25, 0.3) is 10.9 Å². The highest BCUT2D eigenvalue weighted by Crippen LogP contribution is 2.21. The van der Waals surface area contributed by atoms with Crippen molar-refractivity contribution in [2.75, 3.05) is 19.6 Å². The lowest BCUT2D eigenvalue weighted by molar-refractivity contribution is 0.417. The van der Waals surface area contributed by atoms with Crippen LogP contribution in [0.3, 0.4) is 0 Å². The van der Waals surface area contributed by atoms with Gasteiger partial charge in [-0.1, -0.05) is 12.1 Å². The molecular formula is C13H16FN3. The number of hydrogen-bond donors (Lipinski definition) is 3. The van der Waals surface area contributed by atoms with Gasteiger partial charge in [-0.15, -0.1) is 0 Å². The zero-order valence-electron chi connectivity index (χ0n) is 9.59. The second-order valence-electron chi connectivity index (χ2n) is 4.54. The maximum Gasteiger partial charge on any atom is 0.147 e. The number of para-hydroxylation sites is 1. The maximum absolute atomic E-state index is 13.5. The Kier molecular flexibility index (Phi) is 2.82. The summed E-state index contributed by atoms with van der Waals surface area (Å²) in [5.74, 6) is -0.177. The third-order valence-electron chi connectivity index (χ3n) is 3.34. The van der Waals surface area contributed by atoms with E-state index < -0.39 is 0 Å². The Labute approximate surface area is 99.4 Å². The number of hydrogen-bond acceptors (Lipinski definition) is 2. The largest absolute Gasteiger partial charge is 0.359 e. The van der Waals surface area contributed by atoms with Crippen molar-refractivity contribution in [3.63, 3.8) is 0 Å². The first-order chi connectivity index (χ1) is 8.34. The molecule has 3 rings (SSSR count). The van der Waals surface area contributed by atoms with Crippen LogP contribution in [-0.4, -0.2) is 30.7 Å². The van der Waals surface area contributed by atoms with E-state index in [9.17, 15) is 4.39 Å². The Bertz CT molecular complexity index is 514. The Balaban J connectivity index is 1.87. The molecule has 2 heterocycles. The van der Waals surface area contributed by atoms with Gasteiger partial charge in [0.1, 0.15) is 5.82 Å². The molecule has 1 fully saturated rings. The van der Waals surface area contributed by atoms with Crippen molar-refractivity contribution in [3.8, 4) is 0 Å². The topological polar surface area (TPSA) is 39.8 Å². The zero-order chi connectivity index (χ0) is 11.7. The Morgan fingerprint density at radius 2 is 2.24 bits per heavy atom. The molecule has 1 saturated heterocycles. The molecule has 0 spiro atoms. The van der Waals surface area contributed by atoms with Gasteiger partial charge in [0.25, 0.3) is 0 Å². The number of H-pyrrole nitrogens is 1. The molecule has 0 radical (unpaired) electrons. The van der Waals surface area contributed by atoms with Gasteiger partial charge in [0.05, 0.1) is 5.52 Å². The summed E-state index contributed by atoms with van der Waals surface area (Å²) in [7, 11) is 0. The quantitative estimate of drug-likeness (QED) is 0.734. The van der Waals surface area contributed by atoms with E-state index in [0.29, 0.717) is 11.6 Å². The number of benzene rings is 1. The average Bonchev–Trinajstić information content (AvgIpc) is 2.76. The number of piperazine rings is 1. The highest BCUT2D eigenvalue weighted by atomic mass is 19.1. The number of aromatic nitrogens is 1. The molecule has 1 atom stereocenters. The summed E-state index contributed by atoms with van der Waals surface area (Å²) in [6.07, 6.45) is 2.85. The summed E-state index contributed by atoms with van der Waals surface area (Å²) in [6, 6.07) is 5.66. The van der Waals surface area contributed by atoms with Gasteiger partial charge in [-0.3, -0.25) is 0 Å². The molecule has 0 amide bonds. The molecule has 1 aliphatic rings. The van der Waals surface area contributed by atoms with Crippen LogP contribution in [0.1, 0.15) is 5.56 Å². The van der Waals surface area contributed by atoms with Crippen LogP contribution in [0.15, 0.2) is 24.4 Å². The van der Waals surface area contributed by atoms with Crippen LogP contribution in [-0.2, 0) is 6.42 Å². The Hall–Kier alpha value is -1.39. The van der Waals surface area contributed by atoms with Gasteiger partial charge in [0.2, 0.25) is 0 Å². The summed E-state index contributed by atoms with van der Waals surface area (Å²) in [5.41, 5.74) is 1.80. The number of rotatable bonds is 2. The second-order valence-corrected chi connectivity index (χ2v) is 4.54. The minimum Gasteiger partial charge on any atom is -0.359 e. The van der Waals surface area contributed by atoms with E-state index in [-0.39, 0.29) is 5.82 Å². The highest BCUT2D eigenvalue weighted by molar-refractivity contribution is 5.83. The van der Waals surface area contributed by atoms with Crippen molar-refractivity contribution in [1.29, 1.82) is 0 Å². The molecule has 0 saturated carbocycles. The molecule has 2 aromatic rings. The first kappa shape index (κ1) is 10.7. The average molecular weight is 233 g/mol. The molecule has 0 bridgehead atoms. The van der Waals surface area contributed by atoms with E-state index >= 15 is 0 Å². The van der Waals surface area contributed by atoms with Gasteiger partial charge in [0.15, 0.2) is 0 Å². The number of aromatic amines is 1. The molecule has 1 unspecified atom stereocenters. The van der Waals surface area contributed by atoms with Gasteiger partial charge in [-0.25, -0.2) is 4.39 Å². The Morgan fingerprint density at radius 3 is 3.06 bits per heavy atom. The van der Waals surface area contributed by atoms with E-state index in [1.807, 2.05) is 12.3 Å². The fourth-order valence-electron chi connectivity index (χ4n) is 2.47. The van der Waals surface area contributed by atoms with Gasteiger partial charge < -0.3 is 15.6 Å². The molecule has 4 heteroatoms. The summed E-state index contributed by atoms with van der Waals surface area (Å²) >= 11 is 0. The monoisotopic (exact) mass is 233 g/mol. The number of nitrogens with one attached hydrogen (secondary N) is 3. The predicted octanol–water partition coefficient (Wildman–Crippen LogP) is 1.41. The lowest BCUT2D eigenvalue weighted by atomic mass is 10.0. The second kappa shape index (κ2) is 4.47. The lowest BCUT2D eigenvalue weighted by Crippen LogP contribution is -2.49. The van der Waals surface area contributed by atoms with Gasteiger partial charge in [-0.05, 0) is 18.1 Å². The fourth-order valence-corrected chi connectivity index (χ4v) is 2.47. The molecule has 0 aliphatic carbocycles. The van der Waals surface area contributed by atoms with Gasteiger partial charge >= 0.3 is 0 Å². The lowest BCUT2D eigenvalue weighted by Gasteiger charge is -2.24. The standard InChI is InChI=1S/C13H16FN3/c14-12-3-1-2-11-9(7-17-13(11)12)6-10-8-15-4-5-16-10/h1-3,7,10,15-17H,4-6,8H2. The molecule has 1 aliphatic heterocycles. The summed E-state index contributed by atoms with van der Waals surface area (Å²) in [4.78, 5) is 3.02.